The predicted molar refractivity (Wildman–Crippen MR) is 72.3 cm³/mol. The first-order valence-corrected chi connectivity index (χ1v) is 6.44. The van der Waals surface area contributed by atoms with Crippen LogP contribution >= 0.6 is 11.3 Å². The van der Waals surface area contributed by atoms with Gasteiger partial charge in [-0.1, -0.05) is 0 Å². The molecule has 7 heteroatoms. The molecule has 2 heterocycles. The molecule has 0 aliphatic rings. The maximum Gasteiger partial charge on any atom is 0.416 e. The Balaban J connectivity index is 2.14. The maximum atomic E-state index is 12.7. The number of rotatable bonds is 1. The third-order valence-electron chi connectivity index (χ3n) is 2.80. The Bertz CT molecular complexity index is 780. The lowest BCUT2D eigenvalue weighted by atomic mass is 10.2. The number of hydrogen-bond donors (Lipinski definition) is 1. The molecule has 3 rings (SSSR count). The van der Waals surface area contributed by atoms with Crippen LogP contribution in [0.5, 0.6) is 0 Å². The van der Waals surface area contributed by atoms with Crippen molar-refractivity contribution in [2.45, 2.75) is 6.18 Å². The average Bonchev–Trinajstić information content (AvgIpc) is 2.80. The summed E-state index contributed by atoms with van der Waals surface area (Å²) in [5.74, 6) is 0. The Hall–Kier alpha value is -2.15. The standard InChI is InChI=1S/C13H8F3N3S/c14-13(15,16)7-1-2-11-10(5-7)19-12(20-11)8-3-4-18-6-9(8)17/h1-6H,17H2. The van der Waals surface area contributed by atoms with Crippen LogP contribution in [-0.4, -0.2) is 9.97 Å². The molecule has 0 fully saturated rings. The van der Waals surface area contributed by atoms with Crippen LogP contribution in [0.25, 0.3) is 20.8 Å². The van der Waals surface area contributed by atoms with Gasteiger partial charge < -0.3 is 5.73 Å². The molecule has 0 unspecified atom stereocenters. The van der Waals surface area contributed by atoms with Gasteiger partial charge in [0.1, 0.15) is 5.01 Å². The van der Waals surface area contributed by atoms with Gasteiger partial charge in [-0.2, -0.15) is 13.2 Å². The number of thiazole rings is 1. The van der Waals surface area contributed by atoms with E-state index in [2.05, 4.69) is 9.97 Å². The summed E-state index contributed by atoms with van der Waals surface area (Å²) in [5, 5.41) is 0.583. The number of benzene rings is 1. The van der Waals surface area contributed by atoms with Gasteiger partial charge in [0.15, 0.2) is 0 Å². The summed E-state index contributed by atoms with van der Waals surface area (Å²) < 4.78 is 38.7. The topological polar surface area (TPSA) is 51.8 Å². The van der Waals surface area contributed by atoms with Crippen molar-refractivity contribution < 1.29 is 13.2 Å². The highest BCUT2D eigenvalue weighted by Gasteiger charge is 2.30. The molecule has 0 spiro atoms. The molecule has 0 atom stereocenters. The smallest absolute Gasteiger partial charge is 0.397 e. The summed E-state index contributed by atoms with van der Waals surface area (Å²) in [4.78, 5) is 8.10. The Kier molecular flexibility index (Phi) is 2.86. The van der Waals surface area contributed by atoms with Crippen molar-refractivity contribution in [1.29, 1.82) is 0 Å². The number of anilines is 1. The van der Waals surface area contributed by atoms with Crippen molar-refractivity contribution in [3.8, 4) is 10.6 Å². The van der Waals surface area contributed by atoms with Gasteiger partial charge in [-0.15, -0.1) is 11.3 Å². The van der Waals surface area contributed by atoms with Gasteiger partial charge >= 0.3 is 6.18 Å². The minimum Gasteiger partial charge on any atom is -0.397 e. The highest BCUT2D eigenvalue weighted by molar-refractivity contribution is 7.21. The van der Waals surface area contributed by atoms with E-state index in [9.17, 15) is 13.2 Å². The predicted octanol–water partition coefficient (Wildman–Crippen LogP) is 3.96. The number of aromatic nitrogens is 2. The van der Waals surface area contributed by atoms with Crippen molar-refractivity contribution in [1.82, 2.24) is 9.97 Å². The van der Waals surface area contributed by atoms with E-state index >= 15 is 0 Å². The second-order valence-electron chi connectivity index (χ2n) is 4.16. The fraction of sp³-hybridized carbons (Fsp3) is 0.0769. The number of hydrogen-bond acceptors (Lipinski definition) is 4. The lowest BCUT2D eigenvalue weighted by Gasteiger charge is -2.04. The third kappa shape index (κ3) is 2.20. The van der Waals surface area contributed by atoms with Crippen LogP contribution in [0, 0.1) is 0 Å². The molecule has 2 aromatic heterocycles. The lowest BCUT2D eigenvalue weighted by molar-refractivity contribution is -0.137. The number of fused-ring (bicyclic) bond motifs is 1. The Labute approximate surface area is 115 Å². The number of nitrogens with zero attached hydrogens (tertiary/aromatic N) is 2. The molecule has 102 valence electrons. The summed E-state index contributed by atoms with van der Waals surface area (Å²) in [5.41, 5.74) is 6.53. The number of halogens is 3. The molecule has 3 nitrogen and oxygen atoms in total. The van der Waals surface area contributed by atoms with Gasteiger partial charge in [0.25, 0.3) is 0 Å². The van der Waals surface area contributed by atoms with E-state index in [1.165, 1.54) is 23.6 Å². The summed E-state index contributed by atoms with van der Waals surface area (Å²) in [6.07, 6.45) is -1.31. The molecule has 0 saturated heterocycles. The zero-order chi connectivity index (χ0) is 14.3. The summed E-state index contributed by atoms with van der Waals surface area (Å²) in [6.45, 7) is 0. The van der Waals surface area contributed by atoms with Crippen LogP contribution in [0.15, 0.2) is 36.7 Å². The van der Waals surface area contributed by atoms with Crippen LogP contribution in [0.2, 0.25) is 0 Å². The van der Waals surface area contributed by atoms with E-state index in [0.717, 1.165) is 12.1 Å². The minimum absolute atomic E-state index is 0.316. The zero-order valence-electron chi connectivity index (χ0n) is 9.98. The molecule has 3 aromatic rings. The van der Waals surface area contributed by atoms with Gasteiger partial charge in [0, 0.05) is 11.8 Å². The molecule has 0 amide bonds. The van der Waals surface area contributed by atoms with E-state index < -0.39 is 11.7 Å². The second-order valence-corrected chi connectivity index (χ2v) is 5.19. The minimum atomic E-state index is -4.37. The average molecular weight is 295 g/mol. The molecule has 0 aliphatic heterocycles. The van der Waals surface area contributed by atoms with Gasteiger partial charge in [0.05, 0.1) is 27.7 Å². The SMILES string of the molecule is Nc1cnccc1-c1nc2cc(C(F)(F)F)ccc2s1. The fourth-order valence-corrected chi connectivity index (χ4v) is 2.81. The molecule has 0 saturated carbocycles. The Morgan fingerprint density at radius 3 is 2.65 bits per heavy atom. The van der Waals surface area contributed by atoms with Crippen LogP contribution in [-0.2, 0) is 6.18 Å². The highest BCUT2D eigenvalue weighted by Crippen LogP contribution is 2.36. The number of nitrogen functional groups attached to an aromatic ring is 1. The fourth-order valence-electron chi connectivity index (χ4n) is 1.82. The Morgan fingerprint density at radius 2 is 1.95 bits per heavy atom. The molecule has 1 aromatic carbocycles. The molecule has 20 heavy (non-hydrogen) atoms. The second kappa shape index (κ2) is 4.45. The number of pyridine rings is 1. The van der Waals surface area contributed by atoms with Gasteiger partial charge in [0.2, 0.25) is 0 Å². The van der Waals surface area contributed by atoms with E-state index in [1.54, 1.807) is 12.3 Å². The molecular weight excluding hydrogens is 287 g/mol. The van der Waals surface area contributed by atoms with Gasteiger partial charge in [-0.3, -0.25) is 4.98 Å². The highest BCUT2D eigenvalue weighted by atomic mass is 32.1. The molecule has 0 aliphatic carbocycles. The normalized spacial score (nSPS) is 11.9. The molecule has 2 N–H and O–H groups in total. The summed E-state index contributed by atoms with van der Waals surface area (Å²) in [6, 6.07) is 5.22. The Morgan fingerprint density at radius 1 is 1.15 bits per heavy atom. The van der Waals surface area contributed by atoms with E-state index in [4.69, 9.17) is 5.73 Å². The van der Waals surface area contributed by atoms with Crippen LogP contribution in [0.1, 0.15) is 5.56 Å². The van der Waals surface area contributed by atoms with Crippen molar-refractivity contribution in [3.05, 3.63) is 42.2 Å². The summed E-state index contributed by atoms with van der Waals surface area (Å²) >= 11 is 1.30. The monoisotopic (exact) mass is 295 g/mol. The van der Waals surface area contributed by atoms with Gasteiger partial charge in [-0.05, 0) is 24.3 Å². The molecular formula is C13H8F3N3S. The van der Waals surface area contributed by atoms with E-state index in [-0.39, 0.29) is 0 Å². The lowest BCUT2D eigenvalue weighted by Crippen LogP contribution is -2.03. The van der Waals surface area contributed by atoms with Crippen LogP contribution < -0.4 is 5.73 Å². The third-order valence-corrected chi connectivity index (χ3v) is 3.87. The van der Waals surface area contributed by atoms with E-state index in [1.807, 2.05) is 0 Å². The van der Waals surface area contributed by atoms with E-state index in [0.29, 0.717) is 26.5 Å². The largest absolute Gasteiger partial charge is 0.416 e. The van der Waals surface area contributed by atoms with Gasteiger partial charge in [-0.25, -0.2) is 4.98 Å². The quantitative estimate of drug-likeness (QED) is 0.739. The molecule has 0 radical (unpaired) electrons. The first kappa shape index (κ1) is 12.9. The molecule has 0 bridgehead atoms. The first-order chi connectivity index (χ1) is 9.45. The van der Waals surface area contributed by atoms with Crippen molar-refractivity contribution in [3.63, 3.8) is 0 Å². The van der Waals surface area contributed by atoms with Crippen LogP contribution in [0.3, 0.4) is 0 Å². The number of nitrogens with two attached hydrogens (primary N) is 1. The maximum absolute atomic E-state index is 12.7. The van der Waals surface area contributed by atoms with Crippen molar-refractivity contribution >= 4 is 27.2 Å². The number of alkyl halides is 3. The zero-order valence-corrected chi connectivity index (χ0v) is 10.8. The first-order valence-electron chi connectivity index (χ1n) is 5.63. The van der Waals surface area contributed by atoms with Crippen molar-refractivity contribution in [2.75, 3.05) is 5.73 Å². The van der Waals surface area contributed by atoms with Crippen LogP contribution in [0.4, 0.5) is 18.9 Å². The summed E-state index contributed by atoms with van der Waals surface area (Å²) in [7, 11) is 0. The van der Waals surface area contributed by atoms with Crippen molar-refractivity contribution in [2.24, 2.45) is 0 Å².